The Kier molecular flexibility index (Phi) is 5.71. The quantitative estimate of drug-likeness (QED) is 0.696. The second-order valence-corrected chi connectivity index (χ2v) is 6.47. The molecule has 0 fully saturated rings. The van der Waals surface area contributed by atoms with Gasteiger partial charge in [-0.25, -0.2) is 8.42 Å². The Balaban J connectivity index is 2.91. The van der Waals surface area contributed by atoms with Gasteiger partial charge in [0.25, 0.3) is 5.91 Å². The van der Waals surface area contributed by atoms with Crippen molar-refractivity contribution < 1.29 is 23.1 Å². The summed E-state index contributed by atoms with van der Waals surface area (Å²) in [5.41, 5.74) is 0.443. The van der Waals surface area contributed by atoms with Gasteiger partial charge in [-0.3, -0.25) is 14.3 Å². The number of amides is 1. The maximum atomic E-state index is 11.8. The van der Waals surface area contributed by atoms with Crippen LogP contribution in [0.4, 0.5) is 5.69 Å². The molecule has 1 aromatic carbocycles. The Morgan fingerprint density at radius 3 is 2.57 bits per heavy atom. The summed E-state index contributed by atoms with van der Waals surface area (Å²) < 4.78 is 25.8. The second-order valence-electron chi connectivity index (χ2n) is 4.46. The Morgan fingerprint density at radius 1 is 1.33 bits per heavy atom. The van der Waals surface area contributed by atoms with Gasteiger partial charge >= 0.3 is 5.97 Å². The van der Waals surface area contributed by atoms with Crippen molar-refractivity contribution in [1.82, 2.24) is 5.32 Å². The average Bonchev–Trinajstić information content (AvgIpc) is 2.43. The summed E-state index contributed by atoms with van der Waals surface area (Å²) in [5.74, 6) is -1.76. The molecule has 7 nitrogen and oxygen atoms in total. The number of carboxylic acid groups (broad SMARTS) is 1. The van der Waals surface area contributed by atoms with Crippen LogP contribution in [-0.4, -0.2) is 37.2 Å². The molecule has 0 saturated carbocycles. The lowest BCUT2D eigenvalue weighted by molar-refractivity contribution is -0.136. The number of sulfonamides is 1. The predicted octanol–water partition coefficient (Wildman–Crippen LogP) is 1.04. The molecule has 0 saturated heterocycles. The van der Waals surface area contributed by atoms with E-state index in [4.69, 9.17) is 5.11 Å². The molecule has 0 aliphatic carbocycles. The first-order chi connectivity index (χ1) is 9.77. The Hall–Kier alpha value is -2.09. The zero-order valence-corrected chi connectivity index (χ0v) is 12.6. The zero-order valence-electron chi connectivity index (χ0n) is 11.8. The van der Waals surface area contributed by atoms with Crippen LogP contribution in [0.25, 0.3) is 0 Å². The first-order valence-corrected chi connectivity index (χ1v) is 7.95. The monoisotopic (exact) mass is 314 g/mol. The average molecular weight is 314 g/mol. The third-order valence-electron chi connectivity index (χ3n) is 2.73. The normalized spacial score (nSPS) is 12.5. The number of carbonyl (C=O) groups excluding carboxylic acids is 1. The van der Waals surface area contributed by atoms with Crippen LogP contribution in [0.1, 0.15) is 30.6 Å². The van der Waals surface area contributed by atoms with Crippen molar-refractivity contribution in [2.24, 2.45) is 0 Å². The Labute approximate surface area is 123 Å². The van der Waals surface area contributed by atoms with Crippen LogP contribution in [0.15, 0.2) is 24.3 Å². The van der Waals surface area contributed by atoms with E-state index >= 15 is 0 Å². The van der Waals surface area contributed by atoms with Crippen LogP contribution < -0.4 is 10.0 Å². The molecule has 21 heavy (non-hydrogen) atoms. The van der Waals surface area contributed by atoms with Gasteiger partial charge in [-0.15, -0.1) is 0 Å². The maximum Gasteiger partial charge on any atom is 0.323 e. The van der Waals surface area contributed by atoms with Gasteiger partial charge in [0.15, 0.2) is 5.25 Å². The highest BCUT2D eigenvalue weighted by atomic mass is 32.2. The summed E-state index contributed by atoms with van der Waals surface area (Å²) in [7, 11) is -4.05. The highest BCUT2D eigenvalue weighted by Crippen LogP contribution is 2.14. The van der Waals surface area contributed by atoms with E-state index in [-0.39, 0.29) is 11.6 Å². The van der Waals surface area contributed by atoms with Gasteiger partial charge in [-0.05, 0) is 31.5 Å². The molecule has 0 aliphatic heterocycles. The SMILES string of the molecule is CCCNC(=O)c1cccc(NS(=O)(=O)C(C)C(=O)O)c1. The van der Waals surface area contributed by atoms with E-state index in [9.17, 15) is 18.0 Å². The lowest BCUT2D eigenvalue weighted by Gasteiger charge is -2.12. The lowest BCUT2D eigenvalue weighted by Crippen LogP contribution is -2.32. The lowest BCUT2D eigenvalue weighted by atomic mass is 10.2. The standard InChI is InChI=1S/C13H18N2O5S/c1-3-7-14-12(16)10-5-4-6-11(8-10)15-21(19,20)9(2)13(17)18/h4-6,8-9,15H,3,7H2,1-2H3,(H,14,16)(H,17,18). The molecule has 1 amide bonds. The summed E-state index contributed by atoms with van der Waals surface area (Å²) in [4.78, 5) is 22.5. The molecule has 1 rings (SSSR count). The van der Waals surface area contributed by atoms with E-state index in [1.165, 1.54) is 18.2 Å². The number of hydrogen-bond donors (Lipinski definition) is 3. The number of nitrogens with one attached hydrogen (secondary N) is 2. The second kappa shape index (κ2) is 7.07. The maximum absolute atomic E-state index is 11.8. The van der Waals surface area contributed by atoms with Crippen molar-refractivity contribution in [2.75, 3.05) is 11.3 Å². The smallest absolute Gasteiger partial charge is 0.323 e. The molecule has 3 N–H and O–H groups in total. The highest BCUT2D eigenvalue weighted by Gasteiger charge is 2.27. The first-order valence-electron chi connectivity index (χ1n) is 6.40. The van der Waals surface area contributed by atoms with E-state index < -0.39 is 21.2 Å². The largest absolute Gasteiger partial charge is 0.480 e. The highest BCUT2D eigenvalue weighted by molar-refractivity contribution is 7.94. The van der Waals surface area contributed by atoms with Gasteiger partial charge < -0.3 is 10.4 Å². The summed E-state index contributed by atoms with van der Waals surface area (Å²) >= 11 is 0. The molecule has 116 valence electrons. The molecular weight excluding hydrogens is 296 g/mol. The number of rotatable bonds is 7. The molecule has 0 spiro atoms. The minimum absolute atomic E-state index is 0.146. The minimum atomic E-state index is -4.05. The Morgan fingerprint density at radius 2 is 2.00 bits per heavy atom. The van der Waals surface area contributed by atoms with Gasteiger partial charge in [0, 0.05) is 17.8 Å². The first kappa shape index (κ1) is 17.0. The van der Waals surface area contributed by atoms with Gasteiger partial charge in [0.1, 0.15) is 0 Å². The third kappa shape index (κ3) is 4.75. The fourth-order valence-electron chi connectivity index (χ4n) is 1.45. The van der Waals surface area contributed by atoms with E-state index in [0.29, 0.717) is 12.1 Å². The zero-order chi connectivity index (χ0) is 16.0. The van der Waals surface area contributed by atoms with Crippen molar-refractivity contribution in [3.63, 3.8) is 0 Å². The summed E-state index contributed by atoms with van der Waals surface area (Å²) in [5, 5.41) is 9.83. The topological polar surface area (TPSA) is 113 Å². The van der Waals surface area contributed by atoms with Gasteiger partial charge in [-0.1, -0.05) is 13.0 Å². The molecule has 1 unspecified atom stereocenters. The van der Waals surface area contributed by atoms with Crippen LogP contribution >= 0.6 is 0 Å². The summed E-state index contributed by atoms with van der Waals surface area (Å²) in [6.45, 7) is 3.51. The van der Waals surface area contributed by atoms with Crippen LogP contribution in [-0.2, 0) is 14.8 Å². The van der Waals surface area contributed by atoms with Gasteiger partial charge in [0.05, 0.1) is 0 Å². The minimum Gasteiger partial charge on any atom is -0.480 e. The van der Waals surface area contributed by atoms with E-state index in [0.717, 1.165) is 13.3 Å². The third-order valence-corrected chi connectivity index (χ3v) is 4.39. The molecule has 1 aromatic rings. The summed E-state index contributed by atoms with van der Waals surface area (Å²) in [6, 6.07) is 5.87. The molecule has 0 bridgehead atoms. The molecule has 8 heteroatoms. The Bertz CT molecular complexity index is 627. The van der Waals surface area contributed by atoms with Crippen LogP contribution in [0.3, 0.4) is 0 Å². The molecule has 0 aliphatic rings. The number of hydrogen-bond acceptors (Lipinski definition) is 4. The summed E-state index contributed by atoms with van der Waals surface area (Å²) in [6.07, 6.45) is 0.786. The molecule has 1 atom stereocenters. The number of benzene rings is 1. The molecular formula is C13H18N2O5S. The number of aliphatic carboxylic acids is 1. The molecule has 0 heterocycles. The van der Waals surface area contributed by atoms with E-state index in [2.05, 4.69) is 10.0 Å². The van der Waals surface area contributed by atoms with Gasteiger partial charge in [-0.2, -0.15) is 0 Å². The molecule has 0 aromatic heterocycles. The molecule has 0 radical (unpaired) electrons. The van der Waals surface area contributed by atoms with Crippen molar-refractivity contribution in [1.29, 1.82) is 0 Å². The van der Waals surface area contributed by atoms with Crippen LogP contribution in [0.2, 0.25) is 0 Å². The van der Waals surface area contributed by atoms with E-state index in [1.807, 2.05) is 6.92 Å². The van der Waals surface area contributed by atoms with Crippen molar-refractivity contribution in [2.45, 2.75) is 25.5 Å². The number of anilines is 1. The van der Waals surface area contributed by atoms with E-state index in [1.54, 1.807) is 6.07 Å². The number of carbonyl (C=O) groups is 2. The fraction of sp³-hybridized carbons (Fsp3) is 0.385. The van der Waals surface area contributed by atoms with Crippen LogP contribution in [0.5, 0.6) is 0 Å². The predicted molar refractivity (Wildman–Crippen MR) is 78.7 cm³/mol. The van der Waals surface area contributed by atoms with Crippen molar-refractivity contribution in [3.05, 3.63) is 29.8 Å². The van der Waals surface area contributed by atoms with Crippen molar-refractivity contribution >= 4 is 27.6 Å². The van der Waals surface area contributed by atoms with Crippen molar-refractivity contribution in [3.8, 4) is 0 Å². The van der Waals surface area contributed by atoms with Crippen LogP contribution in [0, 0.1) is 0 Å². The van der Waals surface area contributed by atoms with Gasteiger partial charge in [0.2, 0.25) is 10.0 Å². The number of carboxylic acids is 1. The fourth-order valence-corrected chi connectivity index (χ4v) is 2.35.